The maximum absolute atomic E-state index is 14.1. The van der Waals surface area contributed by atoms with Crippen molar-refractivity contribution in [2.24, 2.45) is 5.92 Å². The molecule has 3 aromatic rings. The fraction of sp³-hybridized carbons (Fsp3) is 0.412. The van der Waals surface area contributed by atoms with Crippen molar-refractivity contribution in [2.45, 2.75) is 81.9 Å². The van der Waals surface area contributed by atoms with Gasteiger partial charge in [0.15, 0.2) is 0 Å². The van der Waals surface area contributed by atoms with E-state index in [4.69, 9.17) is 0 Å². The van der Waals surface area contributed by atoms with Crippen LogP contribution in [0.2, 0.25) is 0 Å². The summed E-state index contributed by atoms with van der Waals surface area (Å²) in [6, 6.07) is 6.23. The average Bonchev–Trinajstić information content (AvgIpc) is 3.40. The van der Waals surface area contributed by atoms with E-state index in [0.29, 0.717) is 21.5 Å². The van der Waals surface area contributed by atoms with E-state index in [2.05, 4.69) is 31.6 Å². The smallest absolute Gasteiger partial charge is 0.327 e. The SMILES string of the molecule is CC(C)C[C@@H]1NC(=O)[C@@H](NC(=O)c2ccccc2O)Cc2c([nH]c3ccccc23)SC[C@@H](C(=O)O)NC(=O)[C@H]([C@@H](C)O)NC(=O)[C@@H](C)NC1=O. The molecule has 50 heavy (non-hydrogen) atoms. The van der Waals surface area contributed by atoms with Crippen LogP contribution in [0.3, 0.4) is 0 Å². The molecule has 5 amide bonds. The van der Waals surface area contributed by atoms with E-state index < -0.39 is 71.8 Å². The number of aliphatic carboxylic acids is 1. The van der Waals surface area contributed by atoms with Crippen LogP contribution in [0, 0.1) is 5.92 Å². The number of carbonyl (C=O) groups excluding carboxylic acids is 5. The topological polar surface area (TPSA) is 239 Å². The van der Waals surface area contributed by atoms with Crippen molar-refractivity contribution in [2.75, 3.05) is 5.75 Å². The molecule has 0 spiro atoms. The van der Waals surface area contributed by atoms with Crippen LogP contribution in [0.4, 0.5) is 0 Å². The molecule has 0 aliphatic carbocycles. The number of carboxylic acid groups (broad SMARTS) is 1. The molecule has 0 saturated carbocycles. The third kappa shape index (κ3) is 9.32. The fourth-order valence-electron chi connectivity index (χ4n) is 5.46. The number of fused-ring (bicyclic) bond motifs is 3. The number of phenolic OH excluding ortho intramolecular Hbond substituents is 1. The number of hydrogen-bond donors (Lipinski definition) is 9. The van der Waals surface area contributed by atoms with Crippen LogP contribution in [-0.2, 0) is 30.4 Å². The largest absolute Gasteiger partial charge is 0.507 e. The molecule has 0 bridgehead atoms. The van der Waals surface area contributed by atoms with Gasteiger partial charge in [-0.05, 0) is 49.9 Å². The summed E-state index contributed by atoms with van der Waals surface area (Å²) in [7, 11) is 0. The first-order valence-electron chi connectivity index (χ1n) is 16.1. The Labute approximate surface area is 292 Å². The Morgan fingerprint density at radius 3 is 2.24 bits per heavy atom. The minimum absolute atomic E-state index is 0.0832. The molecule has 1 aromatic heterocycles. The highest BCUT2D eigenvalue weighted by molar-refractivity contribution is 7.99. The average molecular weight is 711 g/mol. The van der Waals surface area contributed by atoms with Gasteiger partial charge >= 0.3 is 5.97 Å². The molecule has 0 radical (unpaired) electrons. The van der Waals surface area contributed by atoms with Gasteiger partial charge in [0.1, 0.15) is 36.0 Å². The van der Waals surface area contributed by atoms with Gasteiger partial charge in [0.25, 0.3) is 5.91 Å². The first-order valence-corrected chi connectivity index (χ1v) is 17.1. The number of carbonyl (C=O) groups is 6. The molecule has 2 aromatic carbocycles. The molecule has 15 nitrogen and oxygen atoms in total. The summed E-state index contributed by atoms with van der Waals surface area (Å²) in [6.07, 6.45) is -1.39. The van der Waals surface area contributed by atoms with Crippen molar-refractivity contribution in [3.05, 3.63) is 59.7 Å². The lowest BCUT2D eigenvalue weighted by Gasteiger charge is -2.27. The molecule has 0 saturated heterocycles. The number of aliphatic hydroxyl groups is 1. The normalized spacial score (nSPS) is 23.4. The van der Waals surface area contributed by atoms with Crippen molar-refractivity contribution >= 4 is 58.2 Å². The minimum Gasteiger partial charge on any atom is -0.507 e. The predicted molar refractivity (Wildman–Crippen MR) is 184 cm³/mol. The summed E-state index contributed by atoms with van der Waals surface area (Å²) in [5.41, 5.74) is 1.12. The molecular weight excluding hydrogens is 668 g/mol. The Bertz CT molecular complexity index is 1760. The van der Waals surface area contributed by atoms with Gasteiger partial charge in [-0.2, -0.15) is 0 Å². The lowest BCUT2D eigenvalue weighted by molar-refractivity contribution is -0.142. The summed E-state index contributed by atoms with van der Waals surface area (Å²) in [4.78, 5) is 82.8. The highest BCUT2D eigenvalue weighted by Gasteiger charge is 2.34. The van der Waals surface area contributed by atoms with Gasteiger partial charge in [-0.25, -0.2) is 4.79 Å². The van der Waals surface area contributed by atoms with Crippen LogP contribution < -0.4 is 26.6 Å². The van der Waals surface area contributed by atoms with Crippen LogP contribution in [0.1, 0.15) is 50.0 Å². The van der Waals surface area contributed by atoms with Gasteiger partial charge in [0, 0.05) is 23.1 Å². The van der Waals surface area contributed by atoms with E-state index >= 15 is 0 Å². The van der Waals surface area contributed by atoms with E-state index in [1.807, 2.05) is 13.8 Å². The highest BCUT2D eigenvalue weighted by atomic mass is 32.2. The van der Waals surface area contributed by atoms with Gasteiger partial charge < -0.3 is 46.9 Å². The Kier molecular flexibility index (Phi) is 12.5. The van der Waals surface area contributed by atoms with Crippen molar-refractivity contribution in [1.29, 1.82) is 0 Å². The monoisotopic (exact) mass is 710 g/mol. The number of para-hydroxylation sites is 2. The number of benzene rings is 2. The van der Waals surface area contributed by atoms with Crippen molar-refractivity contribution in [3.63, 3.8) is 0 Å². The number of carboxylic acids is 1. The number of aromatic nitrogens is 1. The van der Waals surface area contributed by atoms with E-state index in [9.17, 15) is 44.1 Å². The number of hydrogen-bond acceptors (Lipinski definition) is 9. The number of rotatable bonds is 6. The summed E-state index contributed by atoms with van der Waals surface area (Å²) >= 11 is 1.05. The van der Waals surface area contributed by atoms with Gasteiger partial charge in [-0.15, -0.1) is 11.8 Å². The van der Waals surface area contributed by atoms with Crippen molar-refractivity contribution in [1.82, 2.24) is 31.6 Å². The number of H-pyrrole nitrogens is 1. The first-order chi connectivity index (χ1) is 23.7. The zero-order valence-corrected chi connectivity index (χ0v) is 28.8. The quantitative estimate of drug-likeness (QED) is 0.174. The number of aromatic hydroxyl groups is 1. The molecule has 1 aliphatic rings. The highest BCUT2D eigenvalue weighted by Crippen LogP contribution is 2.32. The second-order valence-electron chi connectivity index (χ2n) is 12.6. The molecule has 6 atom stereocenters. The third-order valence-corrected chi connectivity index (χ3v) is 9.25. The number of amides is 5. The third-order valence-electron chi connectivity index (χ3n) is 8.12. The predicted octanol–water partition coefficient (Wildman–Crippen LogP) is 0.791. The maximum atomic E-state index is 14.1. The molecule has 0 fully saturated rings. The zero-order chi connectivity index (χ0) is 36.7. The van der Waals surface area contributed by atoms with Crippen LogP contribution in [0.5, 0.6) is 5.75 Å². The molecular formula is C34H42N6O9S. The fourth-order valence-corrected chi connectivity index (χ4v) is 6.57. The molecule has 268 valence electrons. The molecule has 4 rings (SSSR count). The van der Waals surface area contributed by atoms with Crippen LogP contribution in [-0.4, -0.2) is 97.9 Å². The van der Waals surface area contributed by atoms with E-state index in [-0.39, 0.29) is 35.8 Å². The second kappa shape index (κ2) is 16.5. The van der Waals surface area contributed by atoms with Gasteiger partial charge in [-0.1, -0.05) is 44.2 Å². The van der Waals surface area contributed by atoms with Gasteiger partial charge in [0.2, 0.25) is 23.6 Å². The number of aliphatic hydroxyl groups excluding tert-OH is 1. The standard InChI is InChI=1S/C34H42N6O9S/c1-16(2)13-23-30(45)35-17(3)28(43)40-27(18(4)41)32(47)38-25(34(48)49)15-50-33-21(19-9-5-7-11-22(19)39-33)14-24(31(46)37-23)36-29(44)20-10-6-8-12-26(20)42/h5-12,16-18,23-25,27,39,41-42H,13-15H2,1-4H3,(H,35,45)(H,36,44)(H,37,46)(H,38,47)(H,40,43)(H,48,49)/t17-,18-,23+,24+,25+,27+/m1/s1. The summed E-state index contributed by atoms with van der Waals surface area (Å²) < 4.78 is 0. The molecule has 9 N–H and O–H groups in total. The Balaban J connectivity index is 1.81. The van der Waals surface area contributed by atoms with Crippen LogP contribution in [0.25, 0.3) is 10.9 Å². The summed E-state index contributed by atoms with van der Waals surface area (Å²) in [5.74, 6) is -5.96. The van der Waals surface area contributed by atoms with Gasteiger partial charge in [-0.3, -0.25) is 24.0 Å². The molecule has 0 unspecified atom stereocenters. The Morgan fingerprint density at radius 1 is 0.900 bits per heavy atom. The molecule has 1 aliphatic heterocycles. The Morgan fingerprint density at radius 2 is 1.58 bits per heavy atom. The maximum Gasteiger partial charge on any atom is 0.327 e. The molecule has 16 heteroatoms. The Hall–Kier alpha value is -5.09. The number of thioether (sulfide) groups is 1. The second-order valence-corrected chi connectivity index (χ2v) is 13.6. The lowest BCUT2D eigenvalue weighted by atomic mass is 10.00. The van der Waals surface area contributed by atoms with Crippen molar-refractivity contribution in [3.8, 4) is 5.75 Å². The van der Waals surface area contributed by atoms with E-state index in [0.717, 1.165) is 11.8 Å². The zero-order valence-electron chi connectivity index (χ0n) is 28.0. The number of aromatic amines is 1. The van der Waals surface area contributed by atoms with E-state index in [1.165, 1.54) is 26.0 Å². The summed E-state index contributed by atoms with van der Waals surface area (Å²) in [5, 5.41) is 44.5. The van der Waals surface area contributed by atoms with Crippen LogP contribution in [0.15, 0.2) is 53.6 Å². The van der Waals surface area contributed by atoms with Crippen molar-refractivity contribution < 1.29 is 44.1 Å². The lowest BCUT2D eigenvalue weighted by Crippen LogP contribution is -2.60. The number of nitrogens with one attached hydrogen (secondary N) is 6. The van der Waals surface area contributed by atoms with Crippen LogP contribution >= 0.6 is 11.8 Å². The molecule has 2 heterocycles. The first kappa shape index (κ1) is 37.7. The minimum atomic E-state index is -1.55. The van der Waals surface area contributed by atoms with Gasteiger partial charge in [0.05, 0.1) is 16.7 Å². The summed E-state index contributed by atoms with van der Waals surface area (Å²) in [6.45, 7) is 6.28. The van der Waals surface area contributed by atoms with E-state index in [1.54, 1.807) is 36.4 Å². The number of phenols is 1.